The van der Waals surface area contributed by atoms with Crippen LogP contribution in [0.3, 0.4) is 0 Å². The second kappa shape index (κ2) is 38.7. The van der Waals surface area contributed by atoms with E-state index < -0.39 is 0 Å². The van der Waals surface area contributed by atoms with Crippen LogP contribution in [0.15, 0.2) is 0 Å². The molecule has 0 saturated carbocycles. The summed E-state index contributed by atoms with van der Waals surface area (Å²) in [7, 11) is 3.90. The van der Waals surface area contributed by atoms with Gasteiger partial charge in [-0.2, -0.15) is 0 Å². The first kappa shape index (κ1) is 54.8. The average Bonchev–Trinajstić information content (AvgIpc) is 3.61. The Bertz CT molecular complexity index is 1040. The number of hydrogen-bond donors (Lipinski definition) is 1. The normalized spacial score (nSPS) is 16.0. The Balaban J connectivity index is 2.36. The van der Waals surface area contributed by atoms with Gasteiger partial charge in [-0.15, -0.1) is 0 Å². The highest BCUT2D eigenvalue weighted by Crippen LogP contribution is 2.22. The molecule has 1 amide bonds. The lowest BCUT2D eigenvalue weighted by Gasteiger charge is -2.22. The van der Waals surface area contributed by atoms with Crippen LogP contribution in [0.2, 0.25) is 0 Å². The summed E-state index contributed by atoms with van der Waals surface area (Å²) >= 11 is 0. The monoisotopic (exact) mass is 836 g/mol. The van der Waals surface area contributed by atoms with E-state index in [4.69, 9.17) is 14.2 Å². The lowest BCUT2D eigenvalue weighted by Crippen LogP contribution is -2.39. The highest BCUT2D eigenvalue weighted by atomic mass is 16.5. The number of likely N-dealkylation sites (tertiary alicyclic amines) is 1. The van der Waals surface area contributed by atoms with E-state index in [-0.39, 0.29) is 42.0 Å². The number of nitrogens with one attached hydrogen (secondary N) is 1. The zero-order valence-electron chi connectivity index (χ0n) is 39.1. The predicted molar refractivity (Wildman–Crippen MR) is 242 cm³/mol. The van der Waals surface area contributed by atoms with Crippen LogP contribution < -0.4 is 5.32 Å². The minimum absolute atomic E-state index is 0.00630. The second-order valence-electron chi connectivity index (χ2n) is 17.8. The summed E-state index contributed by atoms with van der Waals surface area (Å²) < 4.78 is 17.2. The van der Waals surface area contributed by atoms with E-state index in [9.17, 15) is 19.2 Å². The topological polar surface area (TPSA) is 114 Å². The summed E-state index contributed by atoms with van der Waals surface area (Å²) in [4.78, 5) is 55.0. The SMILES string of the molecule is CCCCCCCCCCCOC(=O)CCCCCN1C[C@@H](NC(=O)CCN(C)C)C[C@H]1C(=O)OCCCCCCCC(=O)OC(CCCCC)CCCCCCCC. The van der Waals surface area contributed by atoms with Gasteiger partial charge in [-0.25, -0.2) is 0 Å². The predicted octanol–water partition coefficient (Wildman–Crippen LogP) is 11.3. The Labute approximate surface area is 362 Å². The fraction of sp³-hybridized carbons (Fsp3) is 0.918. The summed E-state index contributed by atoms with van der Waals surface area (Å²) in [5.41, 5.74) is 0. The molecule has 0 aromatic heterocycles. The number of amides is 1. The summed E-state index contributed by atoms with van der Waals surface area (Å²) in [6.45, 7) is 9.61. The Morgan fingerprint density at radius 2 is 1.05 bits per heavy atom. The van der Waals surface area contributed by atoms with Crippen molar-refractivity contribution in [3.05, 3.63) is 0 Å². The second-order valence-corrected chi connectivity index (χ2v) is 17.8. The van der Waals surface area contributed by atoms with Crippen molar-refractivity contribution < 1.29 is 33.4 Å². The molecule has 0 aliphatic carbocycles. The van der Waals surface area contributed by atoms with Gasteiger partial charge in [-0.05, 0) is 84.8 Å². The van der Waals surface area contributed by atoms with Crippen molar-refractivity contribution in [3.8, 4) is 0 Å². The highest BCUT2D eigenvalue weighted by Gasteiger charge is 2.38. The van der Waals surface area contributed by atoms with Crippen LogP contribution in [0.5, 0.6) is 0 Å². The molecule has 0 spiro atoms. The molecule has 1 heterocycles. The van der Waals surface area contributed by atoms with E-state index in [1.165, 1.54) is 89.9 Å². The molecule has 1 aliphatic heterocycles. The van der Waals surface area contributed by atoms with Crippen LogP contribution in [-0.4, -0.2) is 98.7 Å². The molecule has 1 aliphatic rings. The Morgan fingerprint density at radius 3 is 1.64 bits per heavy atom. The molecule has 1 N–H and O–H groups in total. The summed E-state index contributed by atoms with van der Waals surface area (Å²) in [5, 5.41) is 3.14. The lowest BCUT2D eigenvalue weighted by molar-refractivity contribution is -0.150. The first-order valence-corrected chi connectivity index (χ1v) is 24.9. The molecule has 0 bridgehead atoms. The van der Waals surface area contributed by atoms with E-state index in [2.05, 4.69) is 31.0 Å². The fourth-order valence-electron chi connectivity index (χ4n) is 8.01. The van der Waals surface area contributed by atoms with Gasteiger partial charge in [-0.3, -0.25) is 24.1 Å². The molecule has 1 saturated heterocycles. The van der Waals surface area contributed by atoms with Gasteiger partial charge in [0.1, 0.15) is 12.1 Å². The minimum atomic E-state index is -0.381. The number of rotatable bonds is 41. The molecule has 346 valence electrons. The van der Waals surface area contributed by atoms with E-state index >= 15 is 0 Å². The first-order valence-electron chi connectivity index (χ1n) is 24.9. The Kier molecular flexibility index (Phi) is 36.0. The molecule has 10 heteroatoms. The fourth-order valence-corrected chi connectivity index (χ4v) is 8.01. The molecular weight excluding hydrogens is 743 g/mol. The van der Waals surface area contributed by atoms with Crippen LogP contribution >= 0.6 is 0 Å². The van der Waals surface area contributed by atoms with Crippen molar-refractivity contribution in [3.63, 3.8) is 0 Å². The number of nitrogens with zero attached hydrogens (tertiary/aromatic N) is 2. The van der Waals surface area contributed by atoms with Crippen LogP contribution in [0.25, 0.3) is 0 Å². The van der Waals surface area contributed by atoms with Gasteiger partial charge in [0.15, 0.2) is 0 Å². The molecule has 0 radical (unpaired) electrons. The molecular formula is C49H93N3O7. The largest absolute Gasteiger partial charge is 0.466 e. The maximum absolute atomic E-state index is 13.3. The van der Waals surface area contributed by atoms with Gasteiger partial charge in [0.05, 0.1) is 13.2 Å². The smallest absolute Gasteiger partial charge is 0.323 e. The third-order valence-electron chi connectivity index (χ3n) is 11.7. The van der Waals surface area contributed by atoms with Gasteiger partial charge in [0.2, 0.25) is 5.91 Å². The van der Waals surface area contributed by atoms with E-state index in [1.54, 1.807) is 0 Å². The van der Waals surface area contributed by atoms with Crippen LogP contribution in [0.1, 0.15) is 226 Å². The van der Waals surface area contributed by atoms with Crippen LogP contribution in [0, 0.1) is 0 Å². The maximum atomic E-state index is 13.3. The third kappa shape index (κ3) is 32.2. The number of carbonyl (C=O) groups is 4. The zero-order valence-corrected chi connectivity index (χ0v) is 39.1. The molecule has 59 heavy (non-hydrogen) atoms. The Hall–Kier alpha value is -2.20. The average molecular weight is 836 g/mol. The number of carbonyl (C=O) groups excluding carboxylic acids is 4. The van der Waals surface area contributed by atoms with E-state index in [0.29, 0.717) is 52.0 Å². The minimum Gasteiger partial charge on any atom is -0.466 e. The van der Waals surface area contributed by atoms with Crippen LogP contribution in [0.4, 0.5) is 0 Å². The van der Waals surface area contributed by atoms with Crippen molar-refractivity contribution in [2.45, 2.75) is 244 Å². The van der Waals surface area contributed by atoms with Crippen molar-refractivity contribution in [1.29, 1.82) is 0 Å². The summed E-state index contributed by atoms with van der Waals surface area (Å²) in [6.07, 6.45) is 33.1. The molecule has 1 unspecified atom stereocenters. The van der Waals surface area contributed by atoms with Gasteiger partial charge < -0.3 is 24.4 Å². The summed E-state index contributed by atoms with van der Waals surface area (Å²) in [5.74, 6) is -0.378. The lowest BCUT2D eigenvalue weighted by atomic mass is 10.0. The molecule has 1 rings (SSSR count). The van der Waals surface area contributed by atoms with Crippen molar-refractivity contribution in [2.24, 2.45) is 0 Å². The standard InChI is InChI=1S/C49H93N3O7/c1-6-9-12-14-16-17-18-22-30-39-57-47(54)34-28-24-29-37-52-42-43(50-46(53)36-38-51(4)5)41-45(52)49(56)58-40-31-23-19-21-27-35-48(55)59-44(32-25-11-8-3)33-26-20-15-13-10-7-2/h43-45H,6-42H2,1-5H3,(H,50,53)/t43-,44?,45-/m0/s1. The van der Waals surface area contributed by atoms with Crippen LogP contribution in [-0.2, 0) is 33.4 Å². The van der Waals surface area contributed by atoms with E-state index in [0.717, 1.165) is 96.4 Å². The number of esters is 3. The molecule has 3 atom stereocenters. The first-order chi connectivity index (χ1) is 28.7. The van der Waals surface area contributed by atoms with Crippen molar-refractivity contribution in [1.82, 2.24) is 15.1 Å². The molecule has 10 nitrogen and oxygen atoms in total. The molecule has 0 aromatic carbocycles. The highest BCUT2D eigenvalue weighted by molar-refractivity contribution is 5.78. The van der Waals surface area contributed by atoms with Crippen molar-refractivity contribution in [2.75, 3.05) is 46.9 Å². The molecule has 1 fully saturated rings. The van der Waals surface area contributed by atoms with Gasteiger partial charge in [0.25, 0.3) is 0 Å². The number of ether oxygens (including phenoxy) is 3. The third-order valence-corrected chi connectivity index (χ3v) is 11.7. The summed E-state index contributed by atoms with van der Waals surface area (Å²) in [6, 6.07) is -0.472. The van der Waals surface area contributed by atoms with Gasteiger partial charge in [0, 0.05) is 38.4 Å². The molecule has 0 aromatic rings. The number of hydrogen-bond acceptors (Lipinski definition) is 9. The maximum Gasteiger partial charge on any atom is 0.323 e. The van der Waals surface area contributed by atoms with Gasteiger partial charge in [-0.1, -0.05) is 143 Å². The van der Waals surface area contributed by atoms with E-state index in [1.807, 2.05) is 19.0 Å². The van der Waals surface area contributed by atoms with Gasteiger partial charge >= 0.3 is 17.9 Å². The zero-order chi connectivity index (χ0) is 43.2. The van der Waals surface area contributed by atoms with Crippen molar-refractivity contribution >= 4 is 23.8 Å². The quantitative estimate of drug-likeness (QED) is 0.0365. The number of unbranched alkanes of at least 4 members (excludes halogenated alkanes) is 21. The Morgan fingerprint density at radius 1 is 0.576 bits per heavy atom.